The number of hydrogen-bond donors (Lipinski definition) is 3. The van der Waals surface area contributed by atoms with E-state index in [0.29, 0.717) is 41.6 Å². The number of fused-ring (bicyclic) bond motifs is 3. The van der Waals surface area contributed by atoms with E-state index in [-0.39, 0.29) is 11.8 Å². The molecule has 9 heteroatoms. The third kappa shape index (κ3) is 5.27. The lowest BCUT2D eigenvalue weighted by Crippen LogP contribution is -2.55. The van der Waals surface area contributed by atoms with Gasteiger partial charge < -0.3 is 20.3 Å². The Bertz CT molecular complexity index is 1720. The number of hydrogen-bond acceptors (Lipinski definition) is 5. The third-order valence-corrected chi connectivity index (χ3v) is 10.4. The average Bonchev–Trinajstić information content (AvgIpc) is 3.85. The van der Waals surface area contributed by atoms with E-state index in [0.717, 1.165) is 46.6 Å². The molecule has 3 fully saturated rings. The molecule has 2 bridgehead atoms. The molecule has 2 heterocycles. The van der Waals surface area contributed by atoms with Crippen molar-refractivity contribution in [2.24, 2.45) is 11.8 Å². The quantitative estimate of drug-likeness (QED) is 0.192. The monoisotopic (exact) mass is 594 g/mol. The second-order valence-electron chi connectivity index (χ2n) is 12.2. The first kappa shape index (κ1) is 27.6. The smallest absolute Gasteiger partial charge is 0.328 e. The summed E-state index contributed by atoms with van der Waals surface area (Å²) in [6.07, 6.45) is 10.5. The molecule has 3 saturated carbocycles. The predicted molar refractivity (Wildman–Crippen MR) is 168 cm³/mol. The molecular formula is C34H34N4O4S. The molecule has 3 aliphatic rings. The van der Waals surface area contributed by atoms with Gasteiger partial charge in [-0.1, -0.05) is 37.5 Å². The van der Waals surface area contributed by atoms with Crippen molar-refractivity contribution < 1.29 is 19.5 Å². The number of nitrogens with zero attached hydrogens (tertiary/aromatic N) is 2. The molecule has 2 aromatic heterocycles. The first-order valence-corrected chi connectivity index (χ1v) is 16.0. The van der Waals surface area contributed by atoms with Gasteiger partial charge in [-0.05, 0) is 97.4 Å². The van der Waals surface area contributed by atoms with Gasteiger partial charge in [0.05, 0.1) is 15.9 Å². The van der Waals surface area contributed by atoms with Crippen molar-refractivity contribution in [2.75, 3.05) is 5.32 Å². The van der Waals surface area contributed by atoms with E-state index < -0.39 is 11.5 Å². The minimum absolute atomic E-state index is 0.242. The fourth-order valence-electron chi connectivity index (χ4n) is 7.46. The molecule has 2 aromatic carbocycles. The average molecular weight is 595 g/mol. The van der Waals surface area contributed by atoms with Crippen molar-refractivity contribution in [1.82, 2.24) is 14.9 Å². The summed E-state index contributed by atoms with van der Waals surface area (Å²) in [5.74, 6) is 0.925. The number of benzene rings is 2. The Balaban J connectivity index is 1.13. The van der Waals surface area contributed by atoms with E-state index in [9.17, 15) is 14.4 Å². The van der Waals surface area contributed by atoms with Gasteiger partial charge in [0, 0.05) is 23.4 Å². The molecule has 0 aliphatic heterocycles. The van der Waals surface area contributed by atoms with Crippen LogP contribution in [0.2, 0.25) is 0 Å². The van der Waals surface area contributed by atoms with Gasteiger partial charge in [0.15, 0.2) is 5.82 Å². The number of carboxylic acids is 1. The van der Waals surface area contributed by atoms with E-state index in [2.05, 4.69) is 32.7 Å². The number of aliphatic carboxylic acids is 1. The molecule has 0 saturated heterocycles. The predicted octanol–water partition coefficient (Wildman–Crippen LogP) is 6.91. The summed E-state index contributed by atoms with van der Waals surface area (Å²) >= 11 is 1.69. The highest BCUT2D eigenvalue weighted by Gasteiger charge is 2.44. The Labute approximate surface area is 253 Å². The number of nitrogens with one attached hydrogen (secondary N) is 2. The van der Waals surface area contributed by atoms with Gasteiger partial charge in [-0.25, -0.2) is 9.78 Å². The highest BCUT2D eigenvalue weighted by molar-refractivity contribution is 7.13. The van der Waals surface area contributed by atoms with Crippen LogP contribution in [0.25, 0.3) is 27.8 Å². The van der Waals surface area contributed by atoms with Crippen molar-refractivity contribution in [3.63, 3.8) is 0 Å². The van der Waals surface area contributed by atoms with Crippen LogP contribution >= 0.6 is 11.3 Å². The Morgan fingerprint density at radius 2 is 1.84 bits per heavy atom. The highest BCUT2D eigenvalue weighted by Crippen LogP contribution is 2.52. The molecule has 0 spiro atoms. The summed E-state index contributed by atoms with van der Waals surface area (Å²) in [7, 11) is 0. The van der Waals surface area contributed by atoms with E-state index in [1.54, 1.807) is 35.6 Å². The number of imidazole rings is 1. The normalized spacial score (nSPS) is 22.4. The number of carboxylic acid groups (broad SMARTS) is 1. The van der Waals surface area contributed by atoms with Gasteiger partial charge in [-0.2, -0.15) is 0 Å². The summed E-state index contributed by atoms with van der Waals surface area (Å²) < 4.78 is 2.43. The molecule has 2 amide bonds. The number of thiophene rings is 1. The zero-order valence-corrected chi connectivity index (χ0v) is 24.6. The molecule has 3 atom stereocenters. The van der Waals surface area contributed by atoms with E-state index in [1.807, 2.05) is 18.2 Å². The number of amides is 2. The molecule has 3 aliphatic carbocycles. The maximum atomic E-state index is 13.7. The summed E-state index contributed by atoms with van der Waals surface area (Å²) in [6.45, 7) is 0. The van der Waals surface area contributed by atoms with Gasteiger partial charge in [-0.3, -0.25) is 9.59 Å². The van der Waals surface area contributed by atoms with E-state index >= 15 is 0 Å². The van der Waals surface area contributed by atoms with Crippen LogP contribution in [0.15, 0.2) is 66.1 Å². The van der Waals surface area contributed by atoms with Crippen LogP contribution in [0, 0.1) is 11.8 Å². The summed E-state index contributed by atoms with van der Waals surface area (Å²) in [5, 5.41) is 17.0. The fourth-order valence-corrected chi connectivity index (χ4v) is 8.17. The lowest BCUT2D eigenvalue weighted by molar-refractivity contribution is -0.131. The fraction of sp³-hybridized carbons (Fsp3) is 0.353. The van der Waals surface area contributed by atoms with Gasteiger partial charge in [-0.15, -0.1) is 11.3 Å². The first-order valence-electron chi connectivity index (χ1n) is 15.1. The van der Waals surface area contributed by atoms with Crippen molar-refractivity contribution in [3.8, 4) is 10.7 Å². The Morgan fingerprint density at radius 3 is 2.51 bits per heavy atom. The zero-order chi connectivity index (χ0) is 29.6. The molecule has 3 unspecified atom stereocenters. The summed E-state index contributed by atoms with van der Waals surface area (Å²) in [6, 6.07) is 17.3. The number of carbonyl (C=O) groups excluding carboxylic acids is 2. The standard InChI is InChI=1S/C34H34N4O4S/c39-30(40)14-8-21-6-11-25(12-7-21)35-33(42)34(15-1-2-16-34)37-32(41)24-10-13-27-26(20-24)36-31(29-4-3-17-43-29)38(27)28-19-22-5-9-23(28)18-22/h3-4,6-8,10-14,17,20,22-23,28H,1-2,5,9,15-16,18-19H2,(H,35,42)(H,37,41)(H,39,40)/b14-8+. The van der Waals surface area contributed by atoms with Crippen LogP contribution in [-0.4, -0.2) is 38.0 Å². The molecule has 4 aromatic rings. The van der Waals surface area contributed by atoms with Crippen LogP contribution in [0.5, 0.6) is 0 Å². The van der Waals surface area contributed by atoms with Gasteiger partial charge in [0.2, 0.25) is 5.91 Å². The SMILES string of the molecule is O=C(O)/C=C/c1ccc(NC(=O)C2(NC(=O)c3ccc4c(c3)nc(-c3cccs3)n4C3CC4CCC3C4)CCCC2)cc1. The van der Waals surface area contributed by atoms with Crippen LogP contribution in [0.3, 0.4) is 0 Å². The van der Waals surface area contributed by atoms with Crippen molar-refractivity contribution >= 4 is 51.9 Å². The summed E-state index contributed by atoms with van der Waals surface area (Å²) in [5.41, 5.74) is 2.67. The molecule has 8 nitrogen and oxygen atoms in total. The molecule has 7 rings (SSSR count). The third-order valence-electron chi connectivity index (χ3n) is 9.56. The van der Waals surface area contributed by atoms with E-state index in [1.165, 1.54) is 31.8 Å². The van der Waals surface area contributed by atoms with Gasteiger partial charge in [0.1, 0.15) is 5.54 Å². The molecule has 220 valence electrons. The Morgan fingerprint density at radius 1 is 1.02 bits per heavy atom. The maximum Gasteiger partial charge on any atom is 0.328 e. The highest BCUT2D eigenvalue weighted by atomic mass is 32.1. The topological polar surface area (TPSA) is 113 Å². The molecule has 0 radical (unpaired) electrons. The van der Waals surface area contributed by atoms with Crippen LogP contribution in [0.1, 0.15) is 73.3 Å². The van der Waals surface area contributed by atoms with Crippen molar-refractivity contribution in [1.29, 1.82) is 0 Å². The minimum Gasteiger partial charge on any atom is -0.478 e. The molecule has 43 heavy (non-hydrogen) atoms. The van der Waals surface area contributed by atoms with Crippen LogP contribution in [-0.2, 0) is 9.59 Å². The second kappa shape index (κ2) is 11.1. The lowest BCUT2D eigenvalue weighted by Gasteiger charge is -2.29. The number of rotatable bonds is 8. The van der Waals surface area contributed by atoms with Crippen LogP contribution in [0.4, 0.5) is 5.69 Å². The summed E-state index contributed by atoms with van der Waals surface area (Å²) in [4.78, 5) is 44.2. The lowest BCUT2D eigenvalue weighted by atomic mass is 9.94. The van der Waals surface area contributed by atoms with Crippen molar-refractivity contribution in [3.05, 3.63) is 77.2 Å². The second-order valence-corrected chi connectivity index (χ2v) is 13.2. The number of anilines is 1. The minimum atomic E-state index is -1.02. The first-order chi connectivity index (χ1) is 20.9. The molecular weight excluding hydrogens is 560 g/mol. The van der Waals surface area contributed by atoms with Gasteiger partial charge in [0.25, 0.3) is 5.91 Å². The molecule has 3 N–H and O–H groups in total. The number of carbonyl (C=O) groups is 3. The van der Waals surface area contributed by atoms with Gasteiger partial charge >= 0.3 is 5.97 Å². The number of aromatic nitrogens is 2. The zero-order valence-electron chi connectivity index (χ0n) is 23.8. The van der Waals surface area contributed by atoms with Crippen LogP contribution < -0.4 is 10.6 Å². The van der Waals surface area contributed by atoms with Crippen molar-refractivity contribution in [2.45, 2.75) is 62.9 Å². The Kier molecular flexibility index (Phi) is 7.13. The maximum absolute atomic E-state index is 13.7. The van der Waals surface area contributed by atoms with E-state index in [4.69, 9.17) is 10.1 Å². The largest absolute Gasteiger partial charge is 0.478 e. The Hall–Kier alpha value is -4.24.